The molecule has 0 saturated heterocycles. The Morgan fingerprint density at radius 2 is 1.57 bits per heavy atom. The van der Waals surface area contributed by atoms with Crippen LogP contribution in [0.3, 0.4) is 0 Å². The van der Waals surface area contributed by atoms with Gasteiger partial charge in [0, 0.05) is 17.9 Å². The molecule has 0 radical (unpaired) electrons. The van der Waals surface area contributed by atoms with Crippen LogP contribution in [0.15, 0.2) is 101 Å². The average Bonchev–Trinajstić information content (AvgIpc) is 3.23. The third-order valence-corrected chi connectivity index (χ3v) is 7.83. The van der Waals surface area contributed by atoms with Crippen molar-refractivity contribution in [2.75, 3.05) is 0 Å². The van der Waals surface area contributed by atoms with Crippen LogP contribution in [0, 0.1) is 26.0 Å². The Bertz CT molecular complexity index is 1880. The molecule has 0 aliphatic rings. The molecule has 3 aromatic carbocycles. The van der Waals surface area contributed by atoms with Gasteiger partial charge in [0.25, 0.3) is 0 Å². The quantitative estimate of drug-likeness (QED) is 0.205. The summed E-state index contributed by atoms with van der Waals surface area (Å²) in [7, 11) is -3.80. The van der Waals surface area contributed by atoms with Gasteiger partial charge in [0.1, 0.15) is 5.82 Å². The van der Waals surface area contributed by atoms with Crippen molar-refractivity contribution in [1.29, 1.82) is 0 Å². The number of aromatic nitrogens is 3. The molecule has 0 aliphatic heterocycles. The summed E-state index contributed by atoms with van der Waals surface area (Å²) in [6.45, 7) is 3.91. The summed E-state index contributed by atoms with van der Waals surface area (Å²) >= 11 is 0. The molecule has 0 bridgehead atoms. The van der Waals surface area contributed by atoms with E-state index in [9.17, 15) is 8.42 Å². The van der Waals surface area contributed by atoms with Crippen LogP contribution in [-0.2, 0) is 30.9 Å². The van der Waals surface area contributed by atoms with Gasteiger partial charge in [0.05, 0.1) is 0 Å². The number of hydrogen-bond acceptors (Lipinski definition) is 4. The number of rotatable bonds is 4. The molecule has 6 rings (SSSR count). The van der Waals surface area contributed by atoms with Crippen LogP contribution in [0.25, 0.3) is 38.8 Å². The average molecular weight is 683 g/mol. The van der Waals surface area contributed by atoms with Crippen LogP contribution in [0.1, 0.15) is 11.1 Å². The zero-order chi connectivity index (χ0) is 24.9. The topological polar surface area (TPSA) is 64.8 Å². The van der Waals surface area contributed by atoms with E-state index in [4.69, 9.17) is 0 Å². The summed E-state index contributed by atoms with van der Waals surface area (Å²) in [5.41, 5.74) is 5.29. The molecule has 37 heavy (non-hydrogen) atoms. The van der Waals surface area contributed by atoms with Gasteiger partial charge in [0.15, 0.2) is 5.03 Å². The Morgan fingerprint density at radius 3 is 2.35 bits per heavy atom. The molecule has 0 unspecified atom stereocenters. The van der Waals surface area contributed by atoms with Crippen molar-refractivity contribution in [3.05, 3.63) is 115 Å². The first-order valence-corrected chi connectivity index (χ1v) is 13.0. The number of aryl methyl sites for hydroxylation is 2. The number of sulfone groups is 1. The molecule has 0 saturated carbocycles. The summed E-state index contributed by atoms with van der Waals surface area (Å²) < 4.78 is 28.5. The molecule has 3 heterocycles. The molecule has 0 N–H and O–H groups in total. The van der Waals surface area contributed by atoms with Crippen LogP contribution < -0.4 is 0 Å². The Morgan fingerprint density at radius 1 is 0.757 bits per heavy atom. The van der Waals surface area contributed by atoms with Crippen molar-refractivity contribution >= 4 is 31.6 Å². The Kier molecular flexibility index (Phi) is 6.57. The van der Waals surface area contributed by atoms with Gasteiger partial charge in [0.2, 0.25) is 9.84 Å². The third-order valence-electron chi connectivity index (χ3n) is 6.22. The van der Waals surface area contributed by atoms with Crippen LogP contribution in [0.4, 0.5) is 0 Å². The first-order valence-electron chi connectivity index (χ1n) is 11.5. The predicted molar refractivity (Wildman–Crippen MR) is 141 cm³/mol. The molecule has 7 heteroatoms. The van der Waals surface area contributed by atoms with Crippen molar-refractivity contribution in [3.63, 3.8) is 0 Å². The van der Waals surface area contributed by atoms with Gasteiger partial charge in [-0.05, 0) is 65.0 Å². The Hall–Kier alpha value is -3.60. The van der Waals surface area contributed by atoms with Crippen LogP contribution in [-0.4, -0.2) is 23.0 Å². The number of para-hydroxylation sites is 1. The van der Waals surface area contributed by atoms with Gasteiger partial charge in [-0.25, -0.2) is 29.5 Å². The molecule has 0 fully saturated rings. The van der Waals surface area contributed by atoms with Crippen molar-refractivity contribution in [2.45, 2.75) is 23.8 Å². The maximum absolute atomic E-state index is 13.2. The summed E-state index contributed by atoms with van der Waals surface area (Å²) in [5, 5.41) is 2.15. The minimum absolute atomic E-state index is 0. The maximum atomic E-state index is 13.2. The first-order chi connectivity index (χ1) is 17.4. The summed E-state index contributed by atoms with van der Waals surface area (Å²) in [4.78, 5) is 8.81. The van der Waals surface area contributed by atoms with E-state index in [1.807, 2.05) is 56.3 Å². The van der Waals surface area contributed by atoms with Crippen LogP contribution in [0.2, 0.25) is 0 Å². The van der Waals surface area contributed by atoms with Crippen molar-refractivity contribution in [3.8, 4) is 16.9 Å². The number of benzene rings is 3. The van der Waals surface area contributed by atoms with Crippen molar-refractivity contribution in [1.82, 2.24) is 14.5 Å². The fraction of sp³-hybridized carbons (Fsp3) is 0.0667. The second kappa shape index (κ2) is 9.69. The van der Waals surface area contributed by atoms with Gasteiger partial charge >= 0.3 is 21.1 Å². The van der Waals surface area contributed by atoms with Gasteiger partial charge in [-0.3, -0.25) is 0 Å². The number of fused-ring (bicyclic) bond motifs is 3. The molecular formula is C30H21N3O2PtS. The van der Waals surface area contributed by atoms with E-state index in [-0.39, 0.29) is 31.0 Å². The van der Waals surface area contributed by atoms with E-state index in [1.165, 1.54) is 6.07 Å². The second-order valence-electron chi connectivity index (χ2n) is 8.78. The fourth-order valence-corrected chi connectivity index (χ4v) is 5.58. The largest absolute Gasteiger partial charge is 2.00 e. The molecule has 0 atom stereocenters. The number of nitrogens with zero attached hydrogens (tertiary/aromatic N) is 3. The van der Waals surface area contributed by atoms with Gasteiger partial charge in [-0.1, -0.05) is 29.7 Å². The van der Waals surface area contributed by atoms with E-state index < -0.39 is 9.84 Å². The minimum atomic E-state index is -3.80. The molecule has 5 nitrogen and oxygen atoms in total. The second-order valence-corrected chi connectivity index (χ2v) is 10.6. The Balaban J connectivity index is 0.00000280. The first kappa shape index (κ1) is 25.1. The van der Waals surface area contributed by atoms with Gasteiger partial charge in [-0.15, -0.1) is 12.1 Å². The van der Waals surface area contributed by atoms with Crippen molar-refractivity contribution < 1.29 is 29.5 Å². The zero-order valence-corrected chi connectivity index (χ0v) is 23.1. The molecule has 3 aromatic heterocycles. The van der Waals surface area contributed by atoms with E-state index in [1.54, 1.807) is 30.6 Å². The Labute approximate surface area is 230 Å². The normalized spacial score (nSPS) is 11.5. The molecule has 0 spiro atoms. The standard InChI is InChI=1S/C30H21N3O2S.Pt/c1-20-14-15-31-29(16-20)33-27-9-4-3-8-25(27)26-12-11-23(18-28(26)33)22-6-5-7-24(17-22)36(34,35)30-13-10-21(2)19-32-30;/h3-16,19H,1-2H3;/q-2;+2. The summed E-state index contributed by atoms with van der Waals surface area (Å²) in [6.07, 6.45) is 3.35. The van der Waals surface area contributed by atoms with Gasteiger partial charge in [-0.2, -0.15) is 30.3 Å². The molecule has 0 amide bonds. The summed E-state index contributed by atoms with van der Waals surface area (Å²) in [5.74, 6) is 0.806. The number of pyridine rings is 2. The third kappa shape index (κ3) is 4.41. The maximum Gasteiger partial charge on any atom is 2.00 e. The van der Waals surface area contributed by atoms with Gasteiger partial charge < -0.3 is 4.57 Å². The SMILES string of the molecule is Cc1ccc(S(=O)(=O)c2[c-]c(-c3[c-]c4c(cc3)c3ccccc3n4-c3cc(C)ccn3)ccc2)nc1.[Pt+2]. The number of hydrogen-bond donors (Lipinski definition) is 0. The van der Waals surface area contributed by atoms with Crippen LogP contribution in [0.5, 0.6) is 0 Å². The van der Waals surface area contributed by atoms with E-state index in [2.05, 4.69) is 38.8 Å². The molecule has 0 aliphatic carbocycles. The van der Waals surface area contributed by atoms with Crippen LogP contribution >= 0.6 is 0 Å². The smallest absolute Gasteiger partial charge is 0.314 e. The van der Waals surface area contributed by atoms with E-state index in [0.29, 0.717) is 5.56 Å². The molecule has 184 valence electrons. The van der Waals surface area contributed by atoms with Crippen molar-refractivity contribution in [2.24, 2.45) is 0 Å². The zero-order valence-electron chi connectivity index (χ0n) is 20.0. The minimum Gasteiger partial charge on any atom is -0.314 e. The van der Waals surface area contributed by atoms with E-state index in [0.717, 1.165) is 44.3 Å². The monoisotopic (exact) mass is 682 g/mol. The fourth-order valence-electron chi connectivity index (χ4n) is 4.42. The molecule has 6 aromatic rings. The molecular weight excluding hydrogens is 661 g/mol. The predicted octanol–water partition coefficient (Wildman–Crippen LogP) is 6.29. The summed E-state index contributed by atoms with van der Waals surface area (Å²) in [6, 6.07) is 31.2. The van der Waals surface area contributed by atoms with E-state index >= 15 is 0 Å².